The van der Waals surface area contributed by atoms with E-state index in [9.17, 15) is 14.4 Å². The van der Waals surface area contributed by atoms with E-state index >= 15 is 0 Å². The number of amides is 3. The van der Waals surface area contributed by atoms with Gasteiger partial charge in [-0.2, -0.15) is 5.10 Å². The van der Waals surface area contributed by atoms with Gasteiger partial charge in [0.1, 0.15) is 11.8 Å². The number of halogens is 3. The van der Waals surface area contributed by atoms with Gasteiger partial charge < -0.3 is 25.3 Å². The zero-order valence-electron chi connectivity index (χ0n) is 22.0. The first-order chi connectivity index (χ1) is 19.6. The summed E-state index contributed by atoms with van der Waals surface area (Å²) in [6, 6.07) is 16.1. The molecular weight excluding hydrogens is 639 g/mol. The number of primary amides is 1. The summed E-state index contributed by atoms with van der Waals surface area (Å²) in [7, 11) is 1.43. The second kappa shape index (κ2) is 15.3. The second-order valence-corrected chi connectivity index (χ2v) is 10.3. The minimum Gasteiger partial charge on any atom is -0.493 e. The van der Waals surface area contributed by atoms with Crippen LogP contribution in [0.1, 0.15) is 18.1 Å². The number of rotatable bonds is 13. The van der Waals surface area contributed by atoms with Gasteiger partial charge in [-0.15, -0.1) is 0 Å². The maximum absolute atomic E-state index is 13.1. The Morgan fingerprint density at radius 3 is 2.44 bits per heavy atom. The van der Waals surface area contributed by atoms with E-state index in [1.807, 2.05) is 30.3 Å². The molecule has 0 saturated heterocycles. The lowest BCUT2D eigenvalue weighted by Gasteiger charge is -2.21. The fraction of sp³-hybridized carbons (Fsp3) is 0.214. The minimum absolute atomic E-state index is 0.202. The molecule has 4 N–H and O–H groups in total. The van der Waals surface area contributed by atoms with Crippen molar-refractivity contribution in [3.05, 3.63) is 86.3 Å². The lowest BCUT2D eigenvalue weighted by atomic mass is 10.1. The molecule has 13 heteroatoms. The van der Waals surface area contributed by atoms with Gasteiger partial charge in [-0.3, -0.25) is 14.4 Å². The van der Waals surface area contributed by atoms with E-state index in [1.165, 1.54) is 26.3 Å². The van der Waals surface area contributed by atoms with Crippen LogP contribution in [0.5, 0.6) is 17.2 Å². The van der Waals surface area contributed by atoms with E-state index in [1.54, 1.807) is 24.3 Å². The van der Waals surface area contributed by atoms with E-state index in [0.29, 0.717) is 20.8 Å². The van der Waals surface area contributed by atoms with E-state index in [-0.39, 0.29) is 29.5 Å². The highest BCUT2D eigenvalue weighted by molar-refractivity contribution is 9.10. The molecule has 10 nitrogen and oxygen atoms in total. The number of nitrogens with two attached hydrogens (primary N) is 1. The molecule has 0 radical (unpaired) electrons. The van der Waals surface area contributed by atoms with Crippen molar-refractivity contribution in [2.75, 3.05) is 13.7 Å². The summed E-state index contributed by atoms with van der Waals surface area (Å²) in [6.07, 6.45) is 0.621. The molecule has 2 atom stereocenters. The van der Waals surface area contributed by atoms with Crippen LogP contribution in [0.4, 0.5) is 0 Å². The Morgan fingerprint density at radius 2 is 1.78 bits per heavy atom. The third-order valence-electron chi connectivity index (χ3n) is 5.48. The van der Waals surface area contributed by atoms with Gasteiger partial charge in [0.2, 0.25) is 0 Å². The first-order valence-corrected chi connectivity index (χ1v) is 13.7. The number of ether oxygens (including phenoxy) is 3. The first-order valence-electron chi connectivity index (χ1n) is 12.1. The van der Waals surface area contributed by atoms with Crippen molar-refractivity contribution in [3.63, 3.8) is 0 Å². The number of hydrazone groups is 1. The Morgan fingerprint density at radius 1 is 1.05 bits per heavy atom. The van der Waals surface area contributed by atoms with Gasteiger partial charge >= 0.3 is 0 Å². The molecule has 216 valence electrons. The van der Waals surface area contributed by atoms with Crippen LogP contribution in [0.2, 0.25) is 10.0 Å². The molecule has 0 heterocycles. The number of hydrogen-bond acceptors (Lipinski definition) is 7. The van der Waals surface area contributed by atoms with Crippen LogP contribution in [0.25, 0.3) is 0 Å². The van der Waals surface area contributed by atoms with Crippen molar-refractivity contribution in [1.82, 2.24) is 10.7 Å². The zero-order chi connectivity index (χ0) is 29.9. The number of benzene rings is 3. The number of methoxy groups -OCH3 is 1. The SMILES string of the molecule is COc1cc(/C=N\NC(=O)[C@H](Cc2ccccc2)NC(=O)[C@H](C)Oc2ccc(Cl)cc2Cl)cc(Br)c1OCC(N)=O. The van der Waals surface area contributed by atoms with Crippen molar-refractivity contribution in [2.45, 2.75) is 25.5 Å². The van der Waals surface area contributed by atoms with Gasteiger partial charge in [0.05, 0.1) is 22.8 Å². The van der Waals surface area contributed by atoms with Crippen molar-refractivity contribution < 1.29 is 28.6 Å². The fourth-order valence-corrected chi connectivity index (χ4v) is 4.54. The zero-order valence-corrected chi connectivity index (χ0v) is 25.1. The van der Waals surface area contributed by atoms with Crippen LogP contribution in [0.3, 0.4) is 0 Å². The largest absolute Gasteiger partial charge is 0.493 e. The maximum Gasteiger partial charge on any atom is 0.262 e. The van der Waals surface area contributed by atoms with Crippen LogP contribution in [0.15, 0.2) is 70.2 Å². The van der Waals surface area contributed by atoms with Crippen molar-refractivity contribution in [1.29, 1.82) is 0 Å². The Labute approximate surface area is 255 Å². The normalized spacial score (nSPS) is 12.3. The standard InChI is InChI=1S/C28H27BrCl2N4O6/c1-16(41-23-9-8-19(30)13-21(23)31)27(37)34-22(11-17-6-4-3-5-7-17)28(38)35-33-14-18-10-20(29)26(24(12-18)39-2)40-15-25(32)36/h3-10,12-14,16,22H,11,15H2,1-2H3,(H2,32,36)(H,34,37)(H,35,38)/b33-14-/t16-,22-/m0/s1. The Hall–Kier alpha value is -3.80. The average molecular weight is 666 g/mol. The van der Waals surface area contributed by atoms with E-state index in [0.717, 1.165) is 5.56 Å². The number of nitrogens with one attached hydrogen (secondary N) is 2. The maximum atomic E-state index is 13.1. The quantitative estimate of drug-likeness (QED) is 0.184. The van der Waals surface area contributed by atoms with Gasteiger partial charge in [-0.05, 0) is 64.3 Å². The van der Waals surface area contributed by atoms with Crippen LogP contribution in [-0.4, -0.2) is 49.8 Å². The molecule has 0 aliphatic rings. The average Bonchev–Trinajstić information content (AvgIpc) is 2.93. The lowest BCUT2D eigenvalue weighted by Crippen LogP contribution is -2.50. The molecule has 3 rings (SSSR count). The van der Waals surface area contributed by atoms with Crippen molar-refractivity contribution in [2.24, 2.45) is 10.8 Å². The number of nitrogens with zero attached hydrogens (tertiary/aromatic N) is 1. The number of carbonyl (C=O) groups excluding carboxylic acids is 3. The molecule has 0 bridgehead atoms. The molecule has 3 aromatic rings. The summed E-state index contributed by atoms with van der Waals surface area (Å²) in [5.41, 5.74) is 8.98. The molecule has 0 aliphatic heterocycles. The predicted molar refractivity (Wildman–Crippen MR) is 160 cm³/mol. The monoisotopic (exact) mass is 664 g/mol. The molecule has 0 aliphatic carbocycles. The van der Waals surface area contributed by atoms with Crippen molar-refractivity contribution in [3.8, 4) is 17.2 Å². The summed E-state index contributed by atoms with van der Waals surface area (Å²) in [4.78, 5) is 37.2. The second-order valence-electron chi connectivity index (χ2n) is 8.61. The molecule has 0 saturated carbocycles. The lowest BCUT2D eigenvalue weighted by molar-refractivity contribution is -0.132. The molecule has 41 heavy (non-hydrogen) atoms. The fourth-order valence-electron chi connectivity index (χ4n) is 3.51. The van der Waals surface area contributed by atoms with Crippen molar-refractivity contribution >= 4 is 63.1 Å². The Kier molecular flexibility index (Phi) is 11.8. The van der Waals surface area contributed by atoms with Gasteiger partial charge in [0.15, 0.2) is 24.2 Å². The molecule has 3 amide bonds. The Balaban J connectivity index is 1.72. The van der Waals surface area contributed by atoms with Crippen LogP contribution < -0.4 is 30.7 Å². The summed E-state index contributed by atoms with van der Waals surface area (Å²) in [5.74, 6) is -0.843. The number of carbonyl (C=O) groups is 3. The summed E-state index contributed by atoms with van der Waals surface area (Å²) in [5, 5.41) is 7.44. The number of hydrogen-bond donors (Lipinski definition) is 3. The van der Waals surface area contributed by atoms with Crippen LogP contribution >= 0.6 is 39.1 Å². The summed E-state index contributed by atoms with van der Waals surface area (Å²) in [6.45, 7) is 1.21. The topological polar surface area (TPSA) is 141 Å². The molecule has 0 spiro atoms. The molecule has 3 aromatic carbocycles. The minimum atomic E-state index is -0.973. The van der Waals surface area contributed by atoms with Gasteiger partial charge in [-0.1, -0.05) is 53.5 Å². The summed E-state index contributed by atoms with van der Waals surface area (Å²) < 4.78 is 16.9. The molecule has 0 unspecified atom stereocenters. The van der Waals surface area contributed by atoms with Gasteiger partial charge in [-0.25, -0.2) is 5.43 Å². The van der Waals surface area contributed by atoms with E-state index < -0.39 is 29.9 Å². The van der Waals surface area contributed by atoms with Crippen LogP contribution in [-0.2, 0) is 20.8 Å². The van der Waals surface area contributed by atoms with Gasteiger partial charge in [0.25, 0.3) is 17.7 Å². The van der Waals surface area contributed by atoms with E-state index in [2.05, 4.69) is 31.8 Å². The molecule has 0 aromatic heterocycles. The highest BCUT2D eigenvalue weighted by Crippen LogP contribution is 2.36. The third kappa shape index (κ3) is 9.66. The predicted octanol–water partition coefficient (Wildman–Crippen LogP) is 4.27. The molecule has 0 fully saturated rings. The first kappa shape index (κ1) is 31.7. The van der Waals surface area contributed by atoms with E-state index in [4.69, 9.17) is 43.1 Å². The smallest absolute Gasteiger partial charge is 0.262 e. The third-order valence-corrected chi connectivity index (χ3v) is 6.60. The Bertz CT molecular complexity index is 1420. The highest BCUT2D eigenvalue weighted by Gasteiger charge is 2.25. The van der Waals surface area contributed by atoms with Gasteiger partial charge in [0, 0.05) is 11.4 Å². The summed E-state index contributed by atoms with van der Waals surface area (Å²) >= 11 is 15.4. The highest BCUT2D eigenvalue weighted by atomic mass is 79.9. The van der Waals surface area contributed by atoms with Crippen LogP contribution in [0, 0.1) is 0 Å². The molecular formula is C28H27BrCl2N4O6.